The first-order chi connectivity index (χ1) is 9.97. The molecule has 1 aromatic carbocycles. The SMILES string of the molecule is CCNC(C)c1ccc(S(=O)(=O)N(CC)CCCO)cc1. The average Bonchev–Trinajstić information content (AvgIpc) is 2.48. The zero-order valence-electron chi connectivity index (χ0n) is 13.0. The van der Waals surface area contributed by atoms with Crippen molar-refractivity contribution in [2.24, 2.45) is 0 Å². The third-order valence-corrected chi connectivity index (χ3v) is 5.44. The topological polar surface area (TPSA) is 69.6 Å². The van der Waals surface area contributed by atoms with Crippen molar-refractivity contribution in [2.45, 2.75) is 38.1 Å². The van der Waals surface area contributed by atoms with E-state index >= 15 is 0 Å². The molecule has 1 unspecified atom stereocenters. The van der Waals surface area contributed by atoms with Crippen molar-refractivity contribution in [1.29, 1.82) is 0 Å². The van der Waals surface area contributed by atoms with Gasteiger partial charge in [-0.2, -0.15) is 4.31 Å². The fraction of sp³-hybridized carbons (Fsp3) is 0.600. The van der Waals surface area contributed by atoms with Crippen LogP contribution in [0.2, 0.25) is 0 Å². The Morgan fingerprint density at radius 2 is 1.86 bits per heavy atom. The number of sulfonamides is 1. The third kappa shape index (κ3) is 4.78. The number of hydrogen-bond acceptors (Lipinski definition) is 4. The van der Waals surface area contributed by atoms with Crippen molar-refractivity contribution in [1.82, 2.24) is 9.62 Å². The molecular weight excluding hydrogens is 288 g/mol. The Morgan fingerprint density at radius 3 is 2.33 bits per heavy atom. The van der Waals surface area contributed by atoms with Crippen molar-refractivity contribution in [3.05, 3.63) is 29.8 Å². The molecule has 0 aliphatic carbocycles. The predicted octanol–water partition coefficient (Wildman–Crippen LogP) is 1.75. The lowest BCUT2D eigenvalue weighted by atomic mass is 10.1. The molecule has 0 aliphatic rings. The van der Waals surface area contributed by atoms with E-state index in [0.717, 1.165) is 12.1 Å². The van der Waals surface area contributed by atoms with Crippen LogP contribution in [0.3, 0.4) is 0 Å². The highest BCUT2D eigenvalue weighted by molar-refractivity contribution is 7.89. The summed E-state index contributed by atoms with van der Waals surface area (Å²) in [5.74, 6) is 0. The van der Waals surface area contributed by atoms with Crippen molar-refractivity contribution >= 4 is 10.0 Å². The molecular formula is C15H26N2O3S. The largest absolute Gasteiger partial charge is 0.396 e. The average molecular weight is 314 g/mol. The lowest BCUT2D eigenvalue weighted by Gasteiger charge is -2.20. The molecule has 1 rings (SSSR count). The first-order valence-corrected chi connectivity index (χ1v) is 8.85. The number of hydrogen-bond donors (Lipinski definition) is 2. The van der Waals surface area contributed by atoms with Crippen LogP contribution in [-0.4, -0.2) is 44.1 Å². The van der Waals surface area contributed by atoms with Gasteiger partial charge in [-0.3, -0.25) is 0 Å². The van der Waals surface area contributed by atoms with Gasteiger partial charge in [0.2, 0.25) is 10.0 Å². The van der Waals surface area contributed by atoms with E-state index in [9.17, 15) is 8.42 Å². The van der Waals surface area contributed by atoms with Gasteiger partial charge < -0.3 is 10.4 Å². The summed E-state index contributed by atoms with van der Waals surface area (Å²) < 4.78 is 26.4. The number of aliphatic hydroxyl groups excluding tert-OH is 1. The van der Waals surface area contributed by atoms with Crippen LogP contribution in [0.5, 0.6) is 0 Å². The lowest BCUT2D eigenvalue weighted by Crippen LogP contribution is -2.32. The maximum Gasteiger partial charge on any atom is 0.243 e. The normalized spacial score (nSPS) is 13.6. The van der Waals surface area contributed by atoms with Gasteiger partial charge in [-0.15, -0.1) is 0 Å². The maximum atomic E-state index is 12.5. The second kappa shape index (κ2) is 8.48. The van der Waals surface area contributed by atoms with E-state index in [1.54, 1.807) is 19.1 Å². The Balaban J connectivity index is 2.93. The molecule has 0 spiro atoms. The molecule has 0 heterocycles. The van der Waals surface area contributed by atoms with E-state index < -0.39 is 10.0 Å². The van der Waals surface area contributed by atoms with Crippen LogP contribution in [-0.2, 0) is 10.0 Å². The zero-order chi connectivity index (χ0) is 15.9. The van der Waals surface area contributed by atoms with Crippen LogP contribution >= 0.6 is 0 Å². The monoisotopic (exact) mass is 314 g/mol. The van der Waals surface area contributed by atoms with Gasteiger partial charge in [-0.1, -0.05) is 26.0 Å². The van der Waals surface area contributed by atoms with E-state index in [1.807, 2.05) is 26.0 Å². The Hall–Kier alpha value is -0.950. The number of nitrogens with one attached hydrogen (secondary N) is 1. The second-order valence-electron chi connectivity index (χ2n) is 4.92. The molecule has 0 radical (unpaired) electrons. The van der Waals surface area contributed by atoms with Crippen LogP contribution in [0.1, 0.15) is 38.8 Å². The Morgan fingerprint density at radius 1 is 1.24 bits per heavy atom. The summed E-state index contributed by atoms with van der Waals surface area (Å²) in [6, 6.07) is 7.20. The highest BCUT2D eigenvalue weighted by atomic mass is 32.2. The molecule has 0 saturated heterocycles. The van der Waals surface area contributed by atoms with E-state index in [1.165, 1.54) is 4.31 Å². The van der Waals surface area contributed by atoms with Crippen molar-refractivity contribution in [2.75, 3.05) is 26.2 Å². The van der Waals surface area contributed by atoms with Gasteiger partial charge >= 0.3 is 0 Å². The fourth-order valence-corrected chi connectivity index (χ4v) is 3.68. The molecule has 0 aliphatic heterocycles. The molecule has 0 amide bonds. The predicted molar refractivity (Wildman–Crippen MR) is 84.7 cm³/mol. The summed E-state index contributed by atoms with van der Waals surface area (Å²) in [5.41, 5.74) is 1.06. The van der Waals surface area contributed by atoms with Crippen LogP contribution < -0.4 is 5.32 Å². The summed E-state index contributed by atoms with van der Waals surface area (Å²) in [7, 11) is -3.48. The summed E-state index contributed by atoms with van der Waals surface area (Å²) in [5, 5.41) is 12.2. The van der Waals surface area contributed by atoms with E-state index in [4.69, 9.17) is 5.11 Å². The van der Waals surface area contributed by atoms with E-state index in [-0.39, 0.29) is 12.6 Å². The summed E-state index contributed by atoms with van der Waals surface area (Å²) >= 11 is 0. The van der Waals surface area contributed by atoms with Gasteiger partial charge in [0.15, 0.2) is 0 Å². The van der Waals surface area contributed by atoms with Crippen LogP contribution in [0.4, 0.5) is 0 Å². The molecule has 0 fully saturated rings. The first kappa shape index (κ1) is 18.1. The molecule has 120 valence electrons. The highest BCUT2D eigenvalue weighted by Gasteiger charge is 2.22. The number of rotatable bonds is 9. The zero-order valence-corrected chi connectivity index (χ0v) is 13.9. The van der Waals surface area contributed by atoms with Gasteiger partial charge in [0.05, 0.1) is 4.90 Å². The van der Waals surface area contributed by atoms with Crippen LogP contribution in [0, 0.1) is 0 Å². The fourth-order valence-electron chi connectivity index (χ4n) is 2.20. The Kier molecular flexibility index (Phi) is 7.31. The van der Waals surface area contributed by atoms with Crippen LogP contribution in [0.15, 0.2) is 29.2 Å². The smallest absolute Gasteiger partial charge is 0.243 e. The van der Waals surface area contributed by atoms with Crippen molar-refractivity contribution in [3.8, 4) is 0 Å². The second-order valence-corrected chi connectivity index (χ2v) is 6.86. The third-order valence-electron chi connectivity index (χ3n) is 3.45. The summed E-state index contributed by atoms with van der Waals surface area (Å²) in [6.07, 6.45) is 0.447. The van der Waals surface area contributed by atoms with Gasteiger partial charge in [0.25, 0.3) is 0 Å². The van der Waals surface area contributed by atoms with Crippen molar-refractivity contribution in [3.63, 3.8) is 0 Å². The van der Waals surface area contributed by atoms with Gasteiger partial charge in [0, 0.05) is 25.7 Å². The molecule has 0 bridgehead atoms. The lowest BCUT2D eigenvalue weighted by molar-refractivity contribution is 0.271. The Bertz CT molecular complexity index is 514. The number of nitrogens with zero attached hydrogens (tertiary/aromatic N) is 1. The van der Waals surface area contributed by atoms with Gasteiger partial charge in [0.1, 0.15) is 0 Å². The molecule has 6 heteroatoms. The first-order valence-electron chi connectivity index (χ1n) is 7.41. The maximum absolute atomic E-state index is 12.5. The van der Waals surface area contributed by atoms with E-state index in [2.05, 4.69) is 5.32 Å². The van der Waals surface area contributed by atoms with Gasteiger partial charge in [-0.25, -0.2) is 8.42 Å². The molecule has 0 saturated carbocycles. The van der Waals surface area contributed by atoms with Gasteiger partial charge in [-0.05, 0) is 37.6 Å². The van der Waals surface area contributed by atoms with E-state index in [0.29, 0.717) is 24.4 Å². The highest BCUT2D eigenvalue weighted by Crippen LogP contribution is 2.19. The summed E-state index contributed by atoms with van der Waals surface area (Å²) in [6.45, 7) is 7.48. The molecule has 1 atom stereocenters. The quantitative estimate of drug-likeness (QED) is 0.728. The van der Waals surface area contributed by atoms with Crippen molar-refractivity contribution < 1.29 is 13.5 Å². The molecule has 21 heavy (non-hydrogen) atoms. The molecule has 0 aromatic heterocycles. The number of aliphatic hydroxyl groups is 1. The minimum Gasteiger partial charge on any atom is -0.396 e. The molecule has 2 N–H and O–H groups in total. The molecule has 5 nitrogen and oxygen atoms in total. The minimum atomic E-state index is -3.48. The molecule has 1 aromatic rings. The standard InChI is InChI=1S/C15H26N2O3S/c1-4-16-13(3)14-7-9-15(10-8-14)21(19,20)17(5-2)11-6-12-18/h7-10,13,16,18H,4-6,11-12H2,1-3H3. The number of benzene rings is 1. The Labute approximate surface area is 128 Å². The van der Waals surface area contributed by atoms with Crippen LogP contribution in [0.25, 0.3) is 0 Å². The summed E-state index contributed by atoms with van der Waals surface area (Å²) in [4.78, 5) is 0.301. The minimum absolute atomic E-state index is 0.00877.